The van der Waals surface area contributed by atoms with Crippen molar-refractivity contribution >= 4 is 27.3 Å². The maximum atomic E-state index is 12.7. The summed E-state index contributed by atoms with van der Waals surface area (Å²) in [5, 5.41) is 0. The van der Waals surface area contributed by atoms with Crippen LogP contribution in [0.15, 0.2) is 41.3 Å². The Labute approximate surface area is 147 Å². The van der Waals surface area contributed by atoms with Crippen molar-refractivity contribution in [1.82, 2.24) is 0 Å². The highest BCUT2D eigenvalue weighted by atomic mass is 32.2. The van der Waals surface area contributed by atoms with Gasteiger partial charge in [0.25, 0.3) is 10.0 Å². The summed E-state index contributed by atoms with van der Waals surface area (Å²) in [6, 6.07) is 10.2. The highest BCUT2D eigenvalue weighted by Crippen LogP contribution is 2.35. The summed E-state index contributed by atoms with van der Waals surface area (Å²) in [4.78, 5) is 13.6. The van der Waals surface area contributed by atoms with Crippen LogP contribution < -0.4 is 14.4 Å². The van der Waals surface area contributed by atoms with Crippen molar-refractivity contribution in [3.05, 3.63) is 47.5 Å². The molecule has 3 rings (SSSR count). The van der Waals surface area contributed by atoms with Crippen LogP contribution >= 0.6 is 0 Å². The number of ether oxygens (including phenoxy) is 1. The second kappa shape index (κ2) is 6.40. The van der Waals surface area contributed by atoms with Crippen LogP contribution in [-0.4, -0.2) is 27.5 Å². The number of carbonyl (C=O) groups is 1. The van der Waals surface area contributed by atoms with Crippen molar-refractivity contribution < 1.29 is 17.9 Å². The lowest BCUT2D eigenvalue weighted by atomic mass is 10.2. The van der Waals surface area contributed by atoms with Crippen molar-refractivity contribution in [1.29, 1.82) is 0 Å². The summed E-state index contributed by atoms with van der Waals surface area (Å²) in [6.07, 6.45) is 0. The van der Waals surface area contributed by atoms with E-state index in [0.717, 1.165) is 5.56 Å². The molecule has 0 saturated carbocycles. The Morgan fingerprint density at radius 1 is 1.16 bits per heavy atom. The zero-order valence-electron chi connectivity index (χ0n) is 14.4. The van der Waals surface area contributed by atoms with Crippen LogP contribution in [0.25, 0.3) is 0 Å². The van der Waals surface area contributed by atoms with E-state index in [1.54, 1.807) is 42.2 Å². The molecule has 0 saturated heterocycles. The number of nitrogens with one attached hydrogen (secondary N) is 1. The SMILES string of the molecule is CC(=O)N1CCOc2ccc(NS(=O)(=O)c3cc(C)ccc3C)cc21. The normalized spacial score (nSPS) is 13.8. The zero-order valence-corrected chi connectivity index (χ0v) is 15.2. The van der Waals surface area contributed by atoms with E-state index in [1.165, 1.54) is 6.92 Å². The lowest BCUT2D eigenvalue weighted by Gasteiger charge is -2.29. The topological polar surface area (TPSA) is 75.7 Å². The van der Waals surface area contributed by atoms with Gasteiger partial charge < -0.3 is 9.64 Å². The van der Waals surface area contributed by atoms with Gasteiger partial charge in [0.05, 0.1) is 22.8 Å². The molecular formula is C18H20N2O4S. The zero-order chi connectivity index (χ0) is 18.2. The molecule has 0 bridgehead atoms. The van der Waals surface area contributed by atoms with Gasteiger partial charge in [0.1, 0.15) is 12.4 Å². The van der Waals surface area contributed by atoms with Gasteiger partial charge in [0.15, 0.2) is 0 Å². The minimum absolute atomic E-state index is 0.112. The van der Waals surface area contributed by atoms with Gasteiger partial charge >= 0.3 is 0 Å². The number of hydrogen-bond donors (Lipinski definition) is 1. The predicted molar refractivity (Wildman–Crippen MR) is 96.7 cm³/mol. The Morgan fingerprint density at radius 2 is 1.92 bits per heavy atom. The maximum absolute atomic E-state index is 12.7. The molecule has 0 unspecified atom stereocenters. The molecule has 1 amide bonds. The van der Waals surface area contributed by atoms with E-state index in [2.05, 4.69) is 4.72 Å². The molecular weight excluding hydrogens is 340 g/mol. The molecule has 2 aromatic carbocycles. The fourth-order valence-corrected chi connectivity index (χ4v) is 4.20. The highest BCUT2D eigenvalue weighted by molar-refractivity contribution is 7.92. The number of benzene rings is 2. The molecule has 6 nitrogen and oxygen atoms in total. The van der Waals surface area contributed by atoms with Crippen LogP contribution in [0, 0.1) is 13.8 Å². The second-order valence-corrected chi connectivity index (χ2v) is 7.73. The van der Waals surface area contributed by atoms with Crippen molar-refractivity contribution in [2.45, 2.75) is 25.7 Å². The Hall–Kier alpha value is -2.54. The summed E-state index contributed by atoms with van der Waals surface area (Å²) < 4.78 is 33.6. The van der Waals surface area contributed by atoms with Crippen molar-refractivity contribution in [2.24, 2.45) is 0 Å². The Kier molecular flexibility index (Phi) is 4.43. The number of fused-ring (bicyclic) bond motifs is 1. The summed E-state index contributed by atoms with van der Waals surface area (Å²) in [6.45, 7) is 5.93. The molecule has 25 heavy (non-hydrogen) atoms. The van der Waals surface area contributed by atoms with Crippen LogP contribution in [0.1, 0.15) is 18.1 Å². The Bertz CT molecular complexity index is 938. The van der Waals surface area contributed by atoms with Gasteiger partial charge in [0, 0.05) is 6.92 Å². The van der Waals surface area contributed by atoms with E-state index < -0.39 is 10.0 Å². The first-order valence-corrected chi connectivity index (χ1v) is 9.41. The van der Waals surface area contributed by atoms with Gasteiger partial charge in [0.2, 0.25) is 5.91 Å². The van der Waals surface area contributed by atoms with E-state index in [1.807, 2.05) is 13.0 Å². The molecule has 1 aliphatic heterocycles. The highest BCUT2D eigenvalue weighted by Gasteiger charge is 2.23. The molecule has 0 aliphatic carbocycles. The molecule has 0 atom stereocenters. The number of carbonyl (C=O) groups excluding carboxylic acids is 1. The molecule has 1 aliphatic rings. The number of aryl methyl sites for hydroxylation is 2. The van der Waals surface area contributed by atoms with Gasteiger partial charge in [-0.25, -0.2) is 8.42 Å². The third kappa shape index (κ3) is 3.46. The van der Waals surface area contributed by atoms with Crippen LogP contribution in [0.2, 0.25) is 0 Å². The van der Waals surface area contributed by atoms with E-state index in [0.29, 0.717) is 35.8 Å². The Balaban J connectivity index is 1.97. The van der Waals surface area contributed by atoms with Gasteiger partial charge in [-0.2, -0.15) is 0 Å². The van der Waals surface area contributed by atoms with Crippen molar-refractivity contribution in [2.75, 3.05) is 22.8 Å². The van der Waals surface area contributed by atoms with Crippen molar-refractivity contribution in [3.63, 3.8) is 0 Å². The fraction of sp³-hybridized carbons (Fsp3) is 0.278. The monoisotopic (exact) mass is 360 g/mol. The summed E-state index contributed by atoms with van der Waals surface area (Å²) >= 11 is 0. The fourth-order valence-electron chi connectivity index (χ4n) is 2.82. The van der Waals surface area contributed by atoms with E-state index in [9.17, 15) is 13.2 Å². The molecule has 0 spiro atoms. The number of nitrogens with zero attached hydrogens (tertiary/aromatic N) is 1. The molecule has 2 aromatic rings. The largest absolute Gasteiger partial charge is 0.490 e. The third-order valence-electron chi connectivity index (χ3n) is 4.09. The third-order valence-corrected chi connectivity index (χ3v) is 5.61. The molecule has 0 radical (unpaired) electrons. The summed E-state index contributed by atoms with van der Waals surface area (Å²) in [7, 11) is -3.73. The van der Waals surface area contributed by atoms with Gasteiger partial charge in [-0.05, 0) is 49.2 Å². The summed E-state index contributed by atoms with van der Waals surface area (Å²) in [5.41, 5.74) is 2.49. The van der Waals surface area contributed by atoms with Gasteiger partial charge in [-0.3, -0.25) is 9.52 Å². The lowest BCUT2D eigenvalue weighted by molar-refractivity contribution is -0.116. The first-order valence-electron chi connectivity index (χ1n) is 7.93. The molecule has 132 valence electrons. The average Bonchev–Trinajstić information content (AvgIpc) is 2.55. The van der Waals surface area contributed by atoms with Crippen molar-refractivity contribution in [3.8, 4) is 5.75 Å². The first kappa shape index (κ1) is 17.3. The molecule has 0 fully saturated rings. The number of hydrogen-bond acceptors (Lipinski definition) is 4. The second-order valence-electron chi connectivity index (χ2n) is 6.08. The molecule has 7 heteroatoms. The van der Waals surface area contributed by atoms with Crippen LogP contribution in [0.5, 0.6) is 5.75 Å². The lowest BCUT2D eigenvalue weighted by Crippen LogP contribution is -2.36. The maximum Gasteiger partial charge on any atom is 0.262 e. The number of amides is 1. The Morgan fingerprint density at radius 3 is 2.64 bits per heavy atom. The quantitative estimate of drug-likeness (QED) is 0.913. The smallest absolute Gasteiger partial charge is 0.262 e. The van der Waals surface area contributed by atoms with Crippen LogP contribution in [0.4, 0.5) is 11.4 Å². The number of rotatable bonds is 3. The minimum Gasteiger partial charge on any atom is -0.490 e. The first-order chi connectivity index (χ1) is 11.8. The molecule has 0 aromatic heterocycles. The summed E-state index contributed by atoms with van der Waals surface area (Å²) in [5.74, 6) is 0.454. The van der Waals surface area contributed by atoms with E-state index >= 15 is 0 Å². The van der Waals surface area contributed by atoms with E-state index in [-0.39, 0.29) is 10.8 Å². The standard InChI is InChI=1S/C18H20N2O4S/c1-12-4-5-13(2)18(10-12)25(22,23)19-15-6-7-17-16(11-15)20(14(3)21)8-9-24-17/h4-7,10-11,19H,8-9H2,1-3H3. The molecule has 1 N–H and O–H groups in total. The van der Waals surface area contributed by atoms with Crippen LogP contribution in [0.3, 0.4) is 0 Å². The molecule has 1 heterocycles. The van der Waals surface area contributed by atoms with Crippen LogP contribution in [-0.2, 0) is 14.8 Å². The minimum atomic E-state index is -3.73. The van der Waals surface area contributed by atoms with Gasteiger partial charge in [-0.1, -0.05) is 12.1 Å². The predicted octanol–water partition coefficient (Wildman–Crippen LogP) is 2.85. The number of anilines is 2. The average molecular weight is 360 g/mol. The van der Waals surface area contributed by atoms with E-state index in [4.69, 9.17) is 4.74 Å². The number of sulfonamides is 1. The van der Waals surface area contributed by atoms with Gasteiger partial charge in [-0.15, -0.1) is 0 Å².